The van der Waals surface area contributed by atoms with Crippen LogP contribution >= 0.6 is 0 Å². The number of likely N-dealkylation sites (tertiary alicyclic amines) is 1. The summed E-state index contributed by atoms with van der Waals surface area (Å²) in [4.78, 5) is 21.0. The quantitative estimate of drug-likeness (QED) is 0.864. The number of pyridine rings is 1. The Morgan fingerprint density at radius 2 is 2.15 bits per heavy atom. The summed E-state index contributed by atoms with van der Waals surface area (Å²) >= 11 is 0. The van der Waals surface area contributed by atoms with Gasteiger partial charge in [-0.3, -0.25) is 4.98 Å². The molecule has 3 rings (SSSR count). The van der Waals surface area contributed by atoms with Crippen LogP contribution in [0.5, 0.6) is 0 Å². The number of benzene rings is 1. The van der Waals surface area contributed by atoms with Gasteiger partial charge in [0.15, 0.2) is 0 Å². The second-order valence-electron chi connectivity index (χ2n) is 7.00. The van der Waals surface area contributed by atoms with Crippen LogP contribution in [0.4, 0.5) is 10.5 Å². The van der Waals surface area contributed by atoms with Crippen LogP contribution < -0.4 is 5.32 Å². The first-order valence-electron chi connectivity index (χ1n) is 9.24. The highest BCUT2D eigenvalue weighted by Gasteiger charge is 2.21. The number of methoxy groups -OCH3 is 1. The smallest absolute Gasteiger partial charge is 0.321 e. The summed E-state index contributed by atoms with van der Waals surface area (Å²) in [5.41, 5.74) is 1.73. The minimum atomic E-state index is -0.0601. The van der Waals surface area contributed by atoms with Gasteiger partial charge in [0.1, 0.15) is 0 Å². The topological polar surface area (TPSA) is 57.7 Å². The molecule has 1 aliphatic heterocycles. The van der Waals surface area contributed by atoms with Crippen molar-refractivity contribution in [2.75, 3.05) is 52.3 Å². The number of rotatable bonds is 6. The van der Waals surface area contributed by atoms with Crippen molar-refractivity contribution < 1.29 is 9.53 Å². The summed E-state index contributed by atoms with van der Waals surface area (Å²) in [6.07, 6.45) is 4.03. The fourth-order valence-corrected chi connectivity index (χ4v) is 3.46. The molecule has 2 amide bonds. The van der Waals surface area contributed by atoms with Crippen LogP contribution in [0.2, 0.25) is 0 Å². The van der Waals surface area contributed by atoms with Crippen LogP contribution in [0.3, 0.4) is 0 Å². The number of carbonyl (C=O) groups excluding carboxylic acids is 1. The lowest BCUT2D eigenvalue weighted by Crippen LogP contribution is -2.41. The number of hydrogen-bond donors (Lipinski definition) is 1. The van der Waals surface area contributed by atoms with Gasteiger partial charge >= 0.3 is 6.03 Å². The zero-order valence-corrected chi connectivity index (χ0v) is 15.6. The number of ether oxygens (including phenoxy) is 1. The van der Waals surface area contributed by atoms with Crippen LogP contribution in [-0.2, 0) is 4.74 Å². The lowest BCUT2D eigenvalue weighted by atomic mass is 9.96. The third kappa shape index (κ3) is 4.93. The Hall–Kier alpha value is -2.18. The van der Waals surface area contributed by atoms with Gasteiger partial charge in [0.25, 0.3) is 0 Å². The van der Waals surface area contributed by atoms with Gasteiger partial charge in [-0.05, 0) is 56.1 Å². The van der Waals surface area contributed by atoms with Crippen molar-refractivity contribution in [1.82, 2.24) is 14.8 Å². The highest BCUT2D eigenvalue weighted by molar-refractivity contribution is 5.92. The number of hydrogen-bond acceptors (Lipinski definition) is 4. The molecule has 26 heavy (non-hydrogen) atoms. The summed E-state index contributed by atoms with van der Waals surface area (Å²) < 4.78 is 5.14. The molecular formula is C20H28N4O2. The number of fused-ring (bicyclic) bond motifs is 1. The van der Waals surface area contributed by atoms with Crippen LogP contribution in [0.15, 0.2) is 36.5 Å². The van der Waals surface area contributed by atoms with Crippen molar-refractivity contribution >= 4 is 22.6 Å². The van der Waals surface area contributed by atoms with E-state index in [0.29, 0.717) is 5.92 Å². The number of anilines is 1. The predicted octanol–water partition coefficient (Wildman–Crippen LogP) is 3.06. The Labute approximate surface area is 155 Å². The lowest BCUT2D eigenvalue weighted by Gasteiger charge is -2.33. The van der Waals surface area contributed by atoms with Gasteiger partial charge in [0, 0.05) is 44.5 Å². The molecule has 1 saturated heterocycles. The van der Waals surface area contributed by atoms with E-state index in [-0.39, 0.29) is 6.03 Å². The number of piperidine rings is 1. The van der Waals surface area contributed by atoms with Crippen LogP contribution in [0.1, 0.15) is 12.8 Å². The summed E-state index contributed by atoms with van der Waals surface area (Å²) in [5, 5.41) is 4.02. The van der Waals surface area contributed by atoms with Crippen molar-refractivity contribution in [3.63, 3.8) is 0 Å². The van der Waals surface area contributed by atoms with Gasteiger partial charge in [-0.15, -0.1) is 0 Å². The number of nitrogens with one attached hydrogen (secondary N) is 1. The molecule has 1 aliphatic rings. The van der Waals surface area contributed by atoms with E-state index in [0.717, 1.165) is 62.2 Å². The van der Waals surface area contributed by atoms with Gasteiger partial charge in [0.2, 0.25) is 0 Å². The van der Waals surface area contributed by atoms with Gasteiger partial charge in [0.05, 0.1) is 12.1 Å². The number of aromatic nitrogens is 1. The SMILES string of the molecule is COCCN1CCC(CN(C)C(=O)Nc2ccc3ncccc3c2)CC1. The standard InChI is InChI=1S/C20H28N4O2/c1-23(15-16-7-10-24(11-8-16)12-13-26-2)20(25)22-18-5-6-19-17(14-18)4-3-9-21-19/h3-6,9,14,16H,7-8,10-13,15H2,1-2H3,(H,22,25). The third-order valence-electron chi connectivity index (χ3n) is 5.05. The number of urea groups is 1. The minimum Gasteiger partial charge on any atom is -0.383 e. The molecule has 2 heterocycles. The molecule has 0 bridgehead atoms. The largest absolute Gasteiger partial charge is 0.383 e. The Bertz CT molecular complexity index is 729. The van der Waals surface area contributed by atoms with E-state index in [9.17, 15) is 4.79 Å². The first-order chi connectivity index (χ1) is 12.7. The fourth-order valence-electron chi connectivity index (χ4n) is 3.46. The Kier molecular flexibility index (Phi) is 6.41. The van der Waals surface area contributed by atoms with Crippen molar-refractivity contribution in [3.8, 4) is 0 Å². The summed E-state index contributed by atoms with van der Waals surface area (Å²) in [6.45, 7) is 4.74. The molecule has 1 fully saturated rings. The summed E-state index contributed by atoms with van der Waals surface area (Å²) in [5.74, 6) is 0.561. The Morgan fingerprint density at radius 3 is 2.92 bits per heavy atom. The van der Waals surface area contributed by atoms with Crippen LogP contribution in [0.25, 0.3) is 10.9 Å². The maximum Gasteiger partial charge on any atom is 0.321 e. The third-order valence-corrected chi connectivity index (χ3v) is 5.05. The van der Waals surface area contributed by atoms with E-state index in [1.54, 1.807) is 18.2 Å². The van der Waals surface area contributed by atoms with Gasteiger partial charge < -0.3 is 19.9 Å². The zero-order valence-electron chi connectivity index (χ0n) is 15.6. The molecule has 0 radical (unpaired) electrons. The molecule has 6 heteroatoms. The van der Waals surface area contributed by atoms with E-state index in [1.807, 2.05) is 37.4 Å². The van der Waals surface area contributed by atoms with Crippen molar-refractivity contribution in [1.29, 1.82) is 0 Å². The normalized spacial score (nSPS) is 15.9. The average Bonchev–Trinajstić information content (AvgIpc) is 2.67. The van der Waals surface area contributed by atoms with E-state index >= 15 is 0 Å². The minimum absolute atomic E-state index is 0.0601. The Morgan fingerprint density at radius 1 is 1.35 bits per heavy atom. The molecule has 2 aromatic rings. The number of nitrogens with zero attached hydrogens (tertiary/aromatic N) is 3. The van der Waals surface area contributed by atoms with E-state index < -0.39 is 0 Å². The molecule has 0 spiro atoms. The zero-order chi connectivity index (χ0) is 18.4. The molecule has 1 aromatic heterocycles. The van der Waals surface area contributed by atoms with Gasteiger partial charge in [-0.2, -0.15) is 0 Å². The van der Waals surface area contributed by atoms with Crippen molar-refractivity contribution in [3.05, 3.63) is 36.5 Å². The number of amides is 2. The highest BCUT2D eigenvalue weighted by Crippen LogP contribution is 2.20. The Balaban J connectivity index is 1.48. The van der Waals surface area contributed by atoms with Crippen LogP contribution in [-0.4, -0.2) is 67.8 Å². The molecule has 0 atom stereocenters. The maximum atomic E-state index is 12.5. The molecule has 0 saturated carbocycles. The molecule has 6 nitrogen and oxygen atoms in total. The van der Waals surface area contributed by atoms with E-state index in [4.69, 9.17) is 4.74 Å². The molecule has 0 unspecified atom stereocenters. The van der Waals surface area contributed by atoms with Crippen LogP contribution in [0, 0.1) is 5.92 Å². The predicted molar refractivity (Wildman–Crippen MR) is 104 cm³/mol. The number of carbonyl (C=O) groups is 1. The van der Waals surface area contributed by atoms with Crippen molar-refractivity contribution in [2.24, 2.45) is 5.92 Å². The van der Waals surface area contributed by atoms with Gasteiger partial charge in [-0.1, -0.05) is 6.07 Å². The van der Waals surface area contributed by atoms with E-state index in [2.05, 4.69) is 15.2 Å². The molecule has 1 N–H and O–H groups in total. The fraction of sp³-hybridized carbons (Fsp3) is 0.500. The summed E-state index contributed by atoms with van der Waals surface area (Å²) in [7, 11) is 3.61. The first-order valence-corrected chi connectivity index (χ1v) is 9.24. The van der Waals surface area contributed by atoms with Crippen molar-refractivity contribution in [2.45, 2.75) is 12.8 Å². The maximum absolute atomic E-state index is 12.5. The van der Waals surface area contributed by atoms with E-state index in [1.165, 1.54) is 0 Å². The molecular weight excluding hydrogens is 328 g/mol. The summed E-state index contributed by atoms with van der Waals surface area (Å²) in [6, 6.07) is 9.63. The monoisotopic (exact) mass is 356 g/mol. The molecule has 1 aromatic carbocycles. The lowest BCUT2D eigenvalue weighted by molar-refractivity contribution is 0.113. The van der Waals surface area contributed by atoms with Gasteiger partial charge in [-0.25, -0.2) is 4.79 Å². The average molecular weight is 356 g/mol. The second-order valence-corrected chi connectivity index (χ2v) is 7.00. The highest BCUT2D eigenvalue weighted by atomic mass is 16.5. The molecule has 0 aliphatic carbocycles. The second kappa shape index (κ2) is 8.96. The first kappa shape index (κ1) is 18.6. The molecule has 140 valence electrons.